The Balaban J connectivity index is 1.76. The summed E-state index contributed by atoms with van der Waals surface area (Å²) in [5.74, 6) is 0.659. The smallest absolute Gasteiger partial charge is 0.240 e. The van der Waals surface area contributed by atoms with Gasteiger partial charge in [-0.25, -0.2) is 13.1 Å². The van der Waals surface area contributed by atoms with E-state index in [-0.39, 0.29) is 11.4 Å². The number of benzene rings is 1. The lowest BCUT2D eigenvalue weighted by Gasteiger charge is -2.10. The van der Waals surface area contributed by atoms with E-state index in [9.17, 15) is 8.42 Å². The van der Waals surface area contributed by atoms with Crippen molar-refractivity contribution in [2.45, 2.75) is 18.4 Å². The van der Waals surface area contributed by atoms with Gasteiger partial charge in [-0.1, -0.05) is 6.07 Å². The van der Waals surface area contributed by atoms with Gasteiger partial charge < -0.3 is 4.74 Å². The van der Waals surface area contributed by atoms with E-state index in [1.807, 2.05) is 30.5 Å². The maximum absolute atomic E-state index is 12.5. The monoisotopic (exact) mass is 374 g/mol. The highest BCUT2D eigenvalue weighted by molar-refractivity contribution is 7.89. The highest BCUT2D eigenvalue weighted by Crippen LogP contribution is 2.25. The summed E-state index contributed by atoms with van der Waals surface area (Å²) in [6.45, 7) is 1.99. The van der Waals surface area contributed by atoms with Crippen LogP contribution in [0.15, 0.2) is 59.1 Å². The van der Waals surface area contributed by atoms with Crippen LogP contribution < -0.4 is 9.46 Å². The van der Waals surface area contributed by atoms with Crippen LogP contribution in [0.1, 0.15) is 11.1 Å². The summed E-state index contributed by atoms with van der Waals surface area (Å²) in [6.07, 6.45) is 3.44. The molecule has 0 bridgehead atoms. The first-order valence-corrected chi connectivity index (χ1v) is 9.98. The van der Waals surface area contributed by atoms with Crippen molar-refractivity contribution >= 4 is 21.4 Å². The number of nitrogens with zero attached hydrogens (tertiary/aromatic N) is 1. The Morgan fingerprint density at radius 1 is 1.20 bits per heavy atom. The lowest BCUT2D eigenvalue weighted by Crippen LogP contribution is -2.23. The Hall–Kier alpha value is -2.22. The summed E-state index contributed by atoms with van der Waals surface area (Å²) in [4.78, 5) is 5.52. The minimum Gasteiger partial charge on any atom is -0.496 e. The minimum atomic E-state index is -3.60. The maximum atomic E-state index is 12.5. The van der Waals surface area contributed by atoms with Crippen molar-refractivity contribution in [1.29, 1.82) is 0 Å². The van der Waals surface area contributed by atoms with E-state index >= 15 is 0 Å². The normalized spacial score (nSPS) is 11.4. The highest BCUT2D eigenvalue weighted by atomic mass is 32.2. The van der Waals surface area contributed by atoms with Gasteiger partial charge in [-0.2, -0.15) is 0 Å². The Bertz CT molecular complexity index is 968. The average Bonchev–Trinajstić information content (AvgIpc) is 3.15. The van der Waals surface area contributed by atoms with Crippen LogP contribution in [-0.2, 0) is 16.6 Å². The lowest BCUT2D eigenvalue weighted by atomic mass is 10.2. The zero-order valence-corrected chi connectivity index (χ0v) is 15.5. The van der Waals surface area contributed by atoms with E-state index in [2.05, 4.69) is 9.71 Å². The number of sulfonamides is 1. The van der Waals surface area contributed by atoms with Crippen molar-refractivity contribution in [2.24, 2.45) is 0 Å². The number of hydrogen-bond acceptors (Lipinski definition) is 5. The number of nitrogens with one attached hydrogen (secondary N) is 1. The Morgan fingerprint density at radius 2 is 2.04 bits per heavy atom. The number of ether oxygens (including phenoxy) is 1. The number of pyridine rings is 1. The van der Waals surface area contributed by atoms with Gasteiger partial charge in [-0.3, -0.25) is 4.98 Å². The molecule has 7 heteroatoms. The Kier molecular flexibility index (Phi) is 5.17. The zero-order valence-electron chi connectivity index (χ0n) is 13.9. The Morgan fingerprint density at radius 3 is 2.72 bits per heavy atom. The fourth-order valence-electron chi connectivity index (χ4n) is 2.44. The lowest BCUT2D eigenvalue weighted by molar-refractivity contribution is 0.411. The van der Waals surface area contributed by atoms with Crippen LogP contribution in [0.5, 0.6) is 5.75 Å². The van der Waals surface area contributed by atoms with Crippen LogP contribution in [0.4, 0.5) is 0 Å². The van der Waals surface area contributed by atoms with Gasteiger partial charge in [0, 0.05) is 29.4 Å². The second-order valence-electron chi connectivity index (χ2n) is 5.52. The summed E-state index contributed by atoms with van der Waals surface area (Å²) < 4.78 is 32.8. The van der Waals surface area contributed by atoms with Crippen LogP contribution in [0.25, 0.3) is 10.4 Å². The van der Waals surface area contributed by atoms with Crippen LogP contribution in [-0.4, -0.2) is 20.5 Å². The van der Waals surface area contributed by atoms with E-state index in [1.54, 1.807) is 43.0 Å². The van der Waals surface area contributed by atoms with Gasteiger partial charge in [0.05, 0.1) is 12.0 Å². The molecule has 3 aromatic rings. The standard InChI is InChI=1S/C18H18N2O3S2/c1-13-8-16(5-6-17(13)23-2)25(21,22)20-11-14-9-15(12-19-10-14)18-4-3-7-24-18/h3-10,12,20H,11H2,1-2H3. The number of thiophene rings is 1. The molecule has 0 aliphatic carbocycles. The molecule has 0 saturated heterocycles. The molecule has 0 fully saturated rings. The van der Waals surface area contributed by atoms with Crippen molar-refractivity contribution in [2.75, 3.05) is 7.11 Å². The van der Waals surface area contributed by atoms with E-state index in [0.29, 0.717) is 5.75 Å². The first-order chi connectivity index (χ1) is 12.0. The molecule has 25 heavy (non-hydrogen) atoms. The van der Waals surface area contributed by atoms with Crippen molar-refractivity contribution in [3.8, 4) is 16.2 Å². The molecule has 3 rings (SSSR count). The summed E-state index contributed by atoms with van der Waals surface area (Å²) in [6, 6.07) is 10.7. The molecule has 1 N–H and O–H groups in total. The van der Waals surface area contributed by atoms with E-state index in [4.69, 9.17) is 4.74 Å². The van der Waals surface area contributed by atoms with Crippen LogP contribution in [0.2, 0.25) is 0 Å². The number of hydrogen-bond donors (Lipinski definition) is 1. The van der Waals surface area contributed by atoms with Crippen molar-refractivity contribution in [3.63, 3.8) is 0 Å². The predicted octanol–water partition coefficient (Wildman–Crippen LogP) is 3.61. The second kappa shape index (κ2) is 7.35. The van der Waals surface area contributed by atoms with Crippen molar-refractivity contribution < 1.29 is 13.2 Å². The van der Waals surface area contributed by atoms with E-state index in [1.165, 1.54) is 6.07 Å². The van der Waals surface area contributed by atoms with Crippen LogP contribution in [0.3, 0.4) is 0 Å². The van der Waals surface area contributed by atoms with E-state index < -0.39 is 10.0 Å². The zero-order chi connectivity index (χ0) is 17.9. The number of aromatic nitrogens is 1. The molecule has 5 nitrogen and oxygen atoms in total. The molecule has 1 aromatic carbocycles. The van der Waals surface area contributed by atoms with Gasteiger partial charge >= 0.3 is 0 Å². The van der Waals surface area contributed by atoms with Gasteiger partial charge in [0.25, 0.3) is 0 Å². The molecule has 2 aromatic heterocycles. The summed E-state index contributed by atoms with van der Waals surface area (Å²) in [7, 11) is -2.05. The quantitative estimate of drug-likeness (QED) is 0.716. The average molecular weight is 374 g/mol. The molecular formula is C18H18N2O3S2. The van der Waals surface area contributed by atoms with Gasteiger partial charge in [0.2, 0.25) is 10.0 Å². The molecule has 0 radical (unpaired) electrons. The van der Waals surface area contributed by atoms with Crippen molar-refractivity contribution in [1.82, 2.24) is 9.71 Å². The third-order valence-corrected chi connectivity index (χ3v) is 6.06. The number of aryl methyl sites for hydroxylation is 1. The fraction of sp³-hybridized carbons (Fsp3) is 0.167. The largest absolute Gasteiger partial charge is 0.496 e. The van der Waals surface area contributed by atoms with Gasteiger partial charge in [0.15, 0.2) is 0 Å². The van der Waals surface area contributed by atoms with Gasteiger partial charge in [-0.05, 0) is 53.8 Å². The number of methoxy groups -OCH3 is 1. The van der Waals surface area contributed by atoms with Crippen molar-refractivity contribution in [3.05, 3.63) is 65.3 Å². The fourth-order valence-corrected chi connectivity index (χ4v) is 4.25. The highest BCUT2D eigenvalue weighted by Gasteiger charge is 2.15. The molecule has 0 aliphatic heterocycles. The molecule has 130 valence electrons. The van der Waals surface area contributed by atoms with Gasteiger partial charge in [-0.15, -0.1) is 11.3 Å². The molecule has 0 atom stereocenters. The summed E-state index contributed by atoms with van der Waals surface area (Å²) >= 11 is 1.62. The number of rotatable bonds is 6. The molecular weight excluding hydrogens is 356 g/mol. The molecule has 0 saturated carbocycles. The predicted molar refractivity (Wildman–Crippen MR) is 99.3 cm³/mol. The summed E-state index contributed by atoms with van der Waals surface area (Å²) in [5, 5.41) is 2.00. The van der Waals surface area contributed by atoms with Crippen LogP contribution >= 0.6 is 11.3 Å². The Labute approximate surface area is 151 Å². The summed E-state index contributed by atoms with van der Waals surface area (Å²) in [5.41, 5.74) is 2.55. The molecule has 0 unspecified atom stereocenters. The first-order valence-electron chi connectivity index (χ1n) is 7.62. The van der Waals surface area contributed by atoms with Gasteiger partial charge in [0.1, 0.15) is 5.75 Å². The second-order valence-corrected chi connectivity index (χ2v) is 8.23. The maximum Gasteiger partial charge on any atom is 0.240 e. The SMILES string of the molecule is COc1ccc(S(=O)(=O)NCc2cncc(-c3cccs3)c2)cc1C. The van der Waals surface area contributed by atoms with E-state index in [0.717, 1.165) is 21.6 Å². The topological polar surface area (TPSA) is 68.3 Å². The first kappa shape index (κ1) is 17.6. The third-order valence-electron chi connectivity index (χ3n) is 3.74. The minimum absolute atomic E-state index is 0.180. The molecule has 0 aliphatic rings. The molecule has 0 spiro atoms. The molecule has 2 heterocycles. The molecule has 0 amide bonds. The van der Waals surface area contributed by atoms with Crippen LogP contribution in [0, 0.1) is 6.92 Å². The third kappa shape index (κ3) is 4.07.